The molecular weight excluding hydrogens is 256 g/mol. The van der Waals surface area contributed by atoms with Gasteiger partial charge in [0.1, 0.15) is 5.82 Å². The van der Waals surface area contributed by atoms with E-state index in [-0.39, 0.29) is 11.4 Å². The Morgan fingerprint density at radius 1 is 1.38 bits per heavy atom. The zero-order valence-corrected chi connectivity index (χ0v) is 10.2. The Bertz CT molecular complexity index is 489. The zero-order valence-electron chi connectivity index (χ0n) is 8.50. The first-order chi connectivity index (χ1) is 7.37. The van der Waals surface area contributed by atoms with E-state index in [9.17, 15) is 17.2 Å². The van der Waals surface area contributed by atoms with Crippen molar-refractivity contribution in [1.29, 1.82) is 0 Å². The lowest BCUT2D eigenvalue weighted by atomic mass is 10.3. The van der Waals surface area contributed by atoms with Gasteiger partial charge >= 0.3 is 0 Å². The van der Waals surface area contributed by atoms with Gasteiger partial charge in [-0.1, -0.05) is 6.92 Å². The Morgan fingerprint density at radius 3 is 2.56 bits per heavy atom. The summed E-state index contributed by atoms with van der Waals surface area (Å²) in [7, 11) is -3.58. The molecule has 0 radical (unpaired) electrons. The van der Waals surface area contributed by atoms with Gasteiger partial charge in [-0.25, -0.2) is 17.2 Å². The van der Waals surface area contributed by atoms with Crippen LogP contribution in [0, 0.1) is 11.6 Å². The highest BCUT2D eigenvalue weighted by molar-refractivity contribution is 7.92. The van der Waals surface area contributed by atoms with Gasteiger partial charge in [0.05, 0.1) is 16.3 Å². The van der Waals surface area contributed by atoms with Crippen LogP contribution in [0.1, 0.15) is 13.3 Å². The van der Waals surface area contributed by atoms with Gasteiger partial charge in [-0.3, -0.25) is 4.72 Å². The number of benzene rings is 1. The number of nitrogens with one attached hydrogen (secondary N) is 1. The molecule has 90 valence electrons. The summed E-state index contributed by atoms with van der Waals surface area (Å²) in [6, 6.07) is 1.98. The second-order valence-corrected chi connectivity index (χ2v) is 5.47. The maximum absolute atomic E-state index is 13.4. The highest BCUT2D eigenvalue weighted by Gasteiger charge is 2.15. The molecule has 0 bridgehead atoms. The number of sulfonamides is 1. The summed E-state index contributed by atoms with van der Waals surface area (Å²) in [4.78, 5) is -0.503. The molecule has 0 amide bonds. The Balaban J connectivity index is 3.04. The normalized spacial score (nSPS) is 11.5. The van der Waals surface area contributed by atoms with Crippen LogP contribution in [0.2, 0.25) is 0 Å². The van der Waals surface area contributed by atoms with Gasteiger partial charge in [0.2, 0.25) is 10.0 Å². The van der Waals surface area contributed by atoms with E-state index in [1.165, 1.54) is 0 Å². The molecule has 0 spiro atoms. The molecule has 0 unspecified atom stereocenters. The molecule has 0 aliphatic heterocycles. The van der Waals surface area contributed by atoms with Crippen molar-refractivity contribution in [2.24, 2.45) is 0 Å². The van der Waals surface area contributed by atoms with E-state index in [0.29, 0.717) is 6.42 Å². The summed E-state index contributed by atoms with van der Waals surface area (Å²) in [5, 5.41) is 0. The molecule has 1 aromatic carbocycles. The highest BCUT2D eigenvalue weighted by atomic mass is 32.2. The van der Waals surface area contributed by atoms with Gasteiger partial charge in [-0.2, -0.15) is 0 Å². The number of rotatable bonds is 4. The van der Waals surface area contributed by atoms with Crippen LogP contribution in [0.15, 0.2) is 17.0 Å². The van der Waals surface area contributed by atoms with E-state index in [1.54, 1.807) is 6.92 Å². The maximum Gasteiger partial charge on any atom is 0.232 e. The molecule has 7 heteroatoms. The number of hydrogen-bond donors (Lipinski definition) is 2. The third-order valence-electron chi connectivity index (χ3n) is 1.81. The van der Waals surface area contributed by atoms with Crippen molar-refractivity contribution in [3.63, 3.8) is 0 Å². The fourth-order valence-electron chi connectivity index (χ4n) is 1.11. The standard InChI is InChI=1S/C9H11F2NO2S2/c1-2-5-16(13,14)12-7-4-3-6(10)9(15)8(7)11/h3-4,12,15H,2,5H2,1H3. The predicted octanol–water partition coefficient (Wildman–Crippen LogP) is 2.41. The second kappa shape index (κ2) is 5.01. The number of hydrogen-bond acceptors (Lipinski definition) is 3. The van der Waals surface area contributed by atoms with Gasteiger partial charge in [0, 0.05) is 0 Å². The van der Waals surface area contributed by atoms with Crippen LogP contribution >= 0.6 is 12.6 Å². The van der Waals surface area contributed by atoms with Crippen LogP contribution in [0.5, 0.6) is 0 Å². The molecular formula is C9H11F2NO2S2. The fourth-order valence-corrected chi connectivity index (χ4v) is 2.43. The SMILES string of the molecule is CCCS(=O)(=O)Nc1ccc(F)c(S)c1F. The van der Waals surface area contributed by atoms with Crippen molar-refractivity contribution in [2.75, 3.05) is 10.5 Å². The minimum atomic E-state index is -3.58. The average molecular weight is 267 g/mol. The van der Waals surface area contributed by atoms with Crippen molar-refractivity contribution in [1.82, 2.24) is 0 Å². The number of anilines is 1. The Labute approximate surface area is 98.3 Å². The number of halogens is 2. The van der Waals surface area contributed by atoms with Crippen LogP contribution in [-0.4, -0.2) is 14.2 Å². The monoisotopic (exact) mass is 267 g/mol. The van der Waals surface area contributed by atoms with E-state index < -0.39 is 26.6 Å². The third-order valence-corrected chi connectivity index (χ3v) is 3.69. The molecule has 3 nitrogen and oxygen atoms in total. The molecule has 0 saturated heterocycles. The zero-order chi connectivity index (χ0) is 12.3. The largest absolute Gasteiger partial charge is 0.281 e. The van der Waals surface area contributed by atoms with Crippen molar-refractivity contribution in [3.05, 3.63) is 23.8 Å². The summed E-state index contributed by atoms with van der Waals surface area (Å²) < 4.78 is 51.0. The summed E-state index contributed by atoms with van der Waals surface area (Å²) in [5.74, 6) is -1.96. The minimum absolute atomic E-state index is 0.119. The first-order valence-corrected chi connectivity index (χ1v) is 6.64. The van der Waals surface area contributed by atoms with E-state index in [2.05, 4.69) is 12.6 Å². The van der Waals surface area contributed by atoms with E-state index in [0.717, 1.165) is 12.1 Å². The van der Waals surface area contributed by atoms with Gasteiger partial charge < -0.3 is 0 Å². The molecule has 0 heterocycles. The Hall–Kier alpha value is -0.820. The fraction of sp³-hybridized carbons (Fsp3) is 0.333. The van der Waals surface area contributed by atoms with Crippen LogP contribution in [0.3, 0.4) is 0 Å². The molecule has 0 aliphatic rings. The van der Waals surface area contributed by atoms with Crippen LogP contribution < -0.4 is 4.72 Å². The lowest BCUT2D eigenvalue weighted by Crippen LogP contribution is -2.17. The smallest absolute Gasteiger partial charge is 0.232 e. The topological polar surface area (TPSA) is 46.2 Å². The molecule has 1 N–H and O–H groups in total. The third kappa shape index (κ3) is 3.08. The molecule has 16 heavy (non-hydrogen) atoms. The lowest BCUT2D eigenvalue weighted by Gasteiger charge is -2.09. The molecule has 0 atom stereocenters. The molecule has 0 saturated carbocycles. The summed E-state index contributed by atoms with van der Waals surface area (Å²) in [5.41, 5.74) is -0.292. The van der Waals surface area contributed by atoms with Crippen LogP contribution in [0.4, 0.5) is 14.5 Å². The first kappa shape index (κ1) is 13.2. The first-order valence-electron chi connectivity index (χ1n) is 4.55. The second-order valence-electron chi connectivity index (χ2n) is 3.18. The number of thiol groups is 1. The molecule has 1 aromatic rings. The van der Waals surface area contributed by atoms with Crippen molar-refractivity contribution >= 4 is 28.3 Å². The molecule has 0 aliphatic carbocycles. The Morgan fingerprint density at radius 2 is 2.00 bits per heavy atom. The van der Waals surface area contributed by atoms with E-state index >= 15 is 0 Å². The van der Waals surface area contributed by atoms with Crippen molar-refractivity contribution in [2.45, 2.75) is 18.2 Å². The van der Waals surface area contributed by atoms with Crippen molar-refractivity contribution in [3.8, 4) is 0 Å². The van der Waals surface area contributed by atoms with Gasteiger partial charge in [-0.05, 0) is 18.6 Å². The molecule has 1 rings (SSSR count). The Kier molecular flexibility index (Phi) is 4.15. The molecule has 0 aromatic heterocycles. The van der Waals surface area contributed by atoms with E-state index in [1.807, 2.05) is 4.72 Å². The van der Waals surface area contributed by atoms with E-state index in [4.69, 9.17) is 0 Å². The van der Waals surface area contributed by atoms with Gasteiger partial charge in [0.25, 0.3) is 0 Å². The highest BCUT2D eigenvalue weighted by Crippen LogP contribution is 2.24. The van der Waals surface area contributed by atoms with Gasteiger partial charge in [0.15, 0.2) is 5.82 Å². The lowest BCUT2D eigenvalue weighted by molar-refractivity contribution is 0.543. The summed E-state index contributed by atoms with van der Waals surface area (Å²) >= 11 is 3.60. The minimum Gasteiger partial charge on any atom is -0.281 e. The van der Waals surface area contributed by atoms with Crippen LogP contribution in [0.25, 0.3) is 0 Å². The quantitative estimate of drug-likeness (QED) is 0.823. The molecule has 0 fully saturated rings. The maximum atomic E-state index is 13.4. The summed E-state index contributed by atoms with van der Waals surface area (Å²) in [6.07, 6.45) is 0.409. The summed E-state index contributed by atoms with van der Waals surface area (Å²) in [6.45, 7) is 1.68. The van der Waals surface area contributed by atoms with Gasteiger partial charge in [-0.15, -0.1) is 12.6 Å². The van der Waals surface area contributed by atoms with Crippen molar-refractivity contribution < 1.29 is 17.2 Å². The predicted molar refractivity (Wildman–Crippen MR) is 61.3 cm³/mol. The van der Waals surface area contributed by atoms with Crippen LogP contribution in [-0.2, 0) is 10.0 Å². The average Bonchev–Trinajstić information content (AvgIpc) is 2.19.